The maximum atomic E-state index is 4.68. The number of fused-ring (bicyclic) bond motifs is 1. The molecule has 0 aromatic carbocycles. The highest BCUT2D eigenvalue weighted by Crippen LogP contribution is 2.33. The quantitative estimate of drug-likeness (QED) is 0.919. The van der Waals surface area contributed by atoms with Crippen molar-refractivity contribution >= 4 is 33.3 Å². The van der Waals surface area contributed by atoms with Gasteiger partial charge in [-0.1, -0.05) is 0 Å². The van der Waals surface area contributed by atoms with Gasteiger partial charge in [0.1, 0.15) is 10.6 Å². The van der Waals surface area contributed by atoms with E-state index in [0.29, 0.717) is 6.04 Å². The summed E-state index contributed by atoms with van der Waals surface area (Å²) in [5.41, 5.74) is 0. The van der Waals surface area contributed by atoms with E-state index in [1.807, 2.05) is 0 Å². The number of nitrogens with zero attached hydrogens (tertiary/aromatic N) is 3. The first kappa shape index (κ1) is 11.7. The van der Waals surface area contributed by atoms with Crippen LogP contribution in [0.5, 0.6) is 0 Å². The molecule has 1 aliphatic carbocycles. The van der Waals surface area contributed by atoms with Gasteiger partial charge >= 0.3 is 0 Å². The molecule has 0 bridgehead atoms. The summed E-state index contributed by atoms with van der Waals surface area (Å²) >= 11 is 1.68. The largest absolute Gasteiger partial charge is 0.356 e. The minimum absolute atomic E-state index is 0.650. The number of rotatable bonds is 4. The van der Waals surface area contributed by atoms with Crippen LogP contribution in [-0.2, 0) is 0 Å². The molecular weight excluding hydrogens is 244 g/mol. The van der Waals surface area contributed by atoms with E-state index < -0.39 is 0 Å². The van der Waals surface area contributed by atoms with Crippen molar-refractivity contribution in [3.63, 3.8) is 0 Å². The SMILES string of the molecule is CCNc1nc(N(C)C2CCC2)c2ccsc2n1. The zero-order valence-corrected chi connectivity index (χ0v) is 11.6. The monoisotopic (exact) mass is 262 g/mol. The third-order valence-electron chi connectivity index (χ3n) is 3.60. The number of anilines is 2. The standard InChI is InChI=1S/C13H18N4S/c1-3-14-13-15-11(17(2)9-5-4-6-9)10-7-8-18-12(10)16-13/h7-9H,3-6H2,1-2H3,(H,14,15,16). The van der Waals surface area contributed by atoms with Crippen LogP contribution >= 0.6 is 11.3 Å². The number of thiophene rings is 1. The third kappa shape index (κ3) is 1.92. The number of nitrogens with one attached hydrogen (secondary N) is 1. The Morgan fingerprint density at radius 3 is 2.94 bits per heavy atom. The zero-order chi connectivity index (χ0) is 12.5. The second-order valence-electron chi connectivity index (χ2n) is 4.74. The van der Waals surface area contributed by atoms with Crippen molar-refractivity contribution in [2.75, 3.05) is 23.8 Å². The van der Waals surface area contributed by atoms with E-state index in [2.05, 4.69) is 45.6 Å². The minimum atomic E-state index is 0.650. The van der Waals surface area contributed by atoms with Gasteiger partial charge in [-0.05, 0) is 37.6 Å². The molecule has 1 saturated carbocycles. The molecule has 5 heteroatoms. The average Bonchev–Trinajstić information content (AvgIpc) is 2.73. The van der Waals surface area contributed by atoms with Crippen molar-refractivity contribution in [3.05, 3.63) is 11.4 Å². The topological polar surface area (TPSA) is 41.1 Å². The van der Waals surface area contributed by atoms with Crippen LogP contribution in [-0.4, -0.2) is 29.6 Å². The molecular formula is C13H18N4S. The Labute approximate surface area is 111 Å². The van der Waals surface area contributed by atoms with Crippen LogP contribution in [0.3, 0.4) is 0 Å². The van der Waals surface area contributed by atoms with Crippen LogP contribution in [0.2, 0.25) is 0 Å². The van der Waals surface area contributed by atoms with Gasteiger partial charge in [0.05, 0.1) is 5.39 Å². The molecule has 0 spiro atoms. The lowest BCUT2D eigenvalue weighted by Gasteiger charge is -2.35. The molecule has 0 radical (unpaired) electrons. The van der Waals surface area contributed by atoms with Crippen LogP contribution < -0.4 is 10.2 Å². The summed E-state index contributed by atoms with van der Waals surface area (Å²) < 4.78 is 0. The minimum Gasteiger partial charge on any atom is -0.356 e. The normalized spacial score (nSPS) is 15.7. The van der Waals surface area contributed by atoms with Gasteiger partial charge in [0.15, 0.2) is 0 Å². The van der Waals surface area contributed by atoms with E-state index in [4.69, 9.17) is 0 Å². The van der Waals surface area contributed by atoms with E-state index >= 15 is 0 Å². The average molecular weight is 262 g/mol. The van der Waals surface area contributed by atoms with Crippen molar-refractivity contribution in [2.45, 2.75) is 32.2 Å². The smallest absolute Gasteiger partial charge is 0.226 e. The van der Waals surface area contributed by atoms with Crippen molar-refractivity contribution in [1.82, 2.24) is 9.97 Å². The molecule has 0 atom stereocenters. The highest BCUT2D eigenvalue weighted by Gasteiger charge is 2.25. The van der Waals surface area contributed by atoms with Gasteiger partial charge in [-0.3, -0.25) is 0 Å². The molecule has 18 heavy (non-hydrogen) atoms. The summed E-state index contributed by atoms with van der Waals surface area (Å²) in [7, 11) is 2.15. The van der Waals surface area contributed by atoms with E-state index in [9.17, 15) is 0 Å². The van der Waals surface area contributed by atoms with Gasteiger partial charge in [0.25, 0.3) is 0 Å². The van der Waals surface area contributed by atoms with E-state index in [0.717, 1.165) is 23.1 Å². The fourth-order valence-electron chi connectivity index (χ4n) is 2.29. The summed E-state index contributed by atoms with van der Waals surface area (Å²) in [6.45, 7) is 2.92. The number of hydrogen-bond acceptors (Lipinski definition) is 5. The summed E-state index contributed by atoms with van der Waals surface area (Å²) in [5.74, 6) is 1.82. The lowest BCUT2D eigenvalue weighted by molar-refractivity contribution is 0.400. The second kappa shape index (κ2) is 4.72. The lowest BCUT2D eigenvalue weighted by atomic mass is 9.92. The van der Waals surface area contributed by atoms with Gasteiger partial charge in [0, 0.05) is 19.6 Å². The predicted molar refractivity (Wildman–Crippen MR) is 77.6 cm³/mol. The highest BCUT2D eigenvalue weighted by molar-refractivity contribution is 7.16. The van der Waals surface area contributed by atoms with Gasteiger partial charge in [-0.2, -0.15) is 4.98 Å². The van der Waals surface area contributed by atoms with Crippen molar-refractivity contribution < 1.29 is 0 Å². The molecule has 2 aromatic rings. The molecule has 2 heterocycles. The molecule has 96 valence electrons. The maximum Gasteiger partial charge on any atom is 0.226 e. The summed E-state index contributed by atoms with van der Waals surface area (Å²) in [5, 5.41) is 6.48. The van der Waals surface area contributed by atoms with Crippen molar-refractivity contribution in [1.29, 1.82) is 0 Å². The molecule has 0 aliphatic heterocycles. The molecule has 3 rings (SSSR count). The Bertz CT molecular complexity index is 547. The molecule has 0 amide bonds. The van der Waals surface area contributed by atoms with Gasteiger partial charge in [0.2, 0.25) is 5.95 Å². The van der Waals surface area contributed by atoms with Crippen LogP contribution in [0.4, 0.5) is 11.8 Å². The van der Waals surface area contributed by atoms with Crippen LogP contribution in [0.1, 0.15) is 26.2 Å². The number of aromatic nitrogens is 2. The molecule has 1 fully saturated rings. The predicted octanol–water partition coefficient (Wildman–Crippen LogP) is 3.11. The lowest BCUT2D eigenvalue weighted by Crippen LogP contribution is -2.37. The Kier molecular flexibility index (Phi) is 3.07. The van der Waals surface area contributed by atoms with Gasteiger partial charge in [-0.25, -0.2) is 4.98 Å². The van der Waals surface area contributed by atoms with Gasteiger partial charge in [-0.15, -0.1) is 11.3 Å². The summed E-state index contributed by atoms with van der Waals surface area (Å²) in [6, 6.07) is 2.78. The molecule has 2 aromatic heterocycles. The van der Waals surface area contributed by atoms with Crippen molar-refractivity contribution in [3.8, 4) is 0 Å². The first-order valence-corrected chi connectivity index (χ1v) is 7.39. The molecule has 1 N–H and O–H groups in total. The molecule has 1 aliphatic rings. The summed E-state index contributed by atoms with van der Waals surface area (Å²) in [6.07, 6.45) is 3.90. The third-order valence-corrected chi connectivity index (χ3v) is 4.40. The Morgan fingerprint density at radius 1 is 1.44 bits per heavy atom. The van der Waals surface area contributed by atoms with Crippen LogP contribution in [0, 0.1) is 0 Å². The summed E-state index contributed by atoms with van der Waals surface area (Å²) in [4.78, 5) is 12.6. The molecule has 0 saturated heterocycles. The Morgan fingerprint density at radius 2 is 2.28 bits per heavy atom. The van der Waals surface area contributed by atoms with E-state index in [1.54, 1.807) is 11.3 Å². The molecule has 4 nitrogen and oxygen atoms in total. The van der Waals surface area contributed by atoms with Crippen LogP contribution in [0.15, 0.2) is 11.4 Å². The second-order valence-corrected chi connectivity index (χ2v) is 5.63. The van der Waals surface area contributed by atoms with Gasteiger partial charge < -0.3 is 10.2 Å². The molecule has 0 unspecified atom stereocenters. The first-order valence-electron chi connectivity index (χ1n) is 6.51. The Balaban J connectivity index is 2.03. The maximum absolute atomic E-state index is 4.68. The van der Waals surface area contributed by atoms with Crippen molar-refractivity contribution in [2.24, 2.45) is 0 Å². The van der Waals surface area contributed by atoms with Crippen LogP contribution in [0.25, 0.3) is 10.2 Å². The Hall–Kier alpha value is -1.36. The fourth-order valence-corrected chi connectivity index (χ4v) is 3.05. The van der Waals surface area contributed by atoms with E-state index in [1.165, 1.54) is 24.6 Å². The van der Waals surface area contributed by atoms with E-state index in [-0.39, 0.29) is 0 Å². The highest BCUT2D eigenvalue weighted by atomic mass is 32.1. The zero-order valence-electron chi connectivity index (χ0n) is 10.8. The fraction of sp³-hybridized carbons (Fsp3) is 0.538. The number of hydrogen-bond donors (Lipinski definition) is 1. The first-order chi connectivity index (χ1) is 8.79.